The van der Waals surface area contributed by atoms with Gasteiger partial charge in [-0.3, -0.25) is 0 Å². The summed E-state index contributed by atoms with van der Waals surface area (Å²) in [7, 11) is -3.70. The molecule has 0 aliphatic carbocycles. The minimum atomic E-state index is -3.70. The molecule has 6 nitrogen and oxygen atoms in total. The molecule has 1 aromatic heterocycles. The highest BCUT2D eigenvalue weighted by Crippen LogP contribution is 2.32. The summed E-state index contributed by atoms with van der Waals surface area (Å²) in [4.78, 5) is 0.0837. The summed E-state index contributed by atoms with van der Waals surface area (Å²) in [5.74, 6) is 0.473. The number of rotatable bonds is 4. The van der Waals surface area contributed by atoms with E-state index in [1.807, 2.05) is 24.3 Å². The van der Waals surface area contributed by atoms with Crippen molar-refractivity contribution >= 4 is 44.0 Å². The first-order valence-electron chi connectivity index (χ1n) is 9.19. The van der Waals surface area contributed by atoms with E-state index in [0.29, 0.717) is 42.4 Å². The normalized spacial score (nSPS) is 16.2. The van der Waals surface area contributed by atoms with Crippen LogP contribution in [0.3, 0.4) is 0 Å². The molecule has 29 heavy (non-hydrogen) atoms. The summed E-state index contributed by atoms with van der Waals surface area (Å²) < 4.78 is 33.6. The second-order valence-corrected chi connectivity index (χ2v) is 9.71. The zero-order valence-electron chi connectivity index (χ0n) is 15.7. The number of sulfonamides is 1. The zero-order valence-corrected chi connectivity index (χ0v) is 18.0. The van der Waals surface area contributed by atoms with Gasteiger partial charge in [0.1, 0.15) is 11.0 Å². The first kappa shape index (κ1) is 20.3. The van der Waals surface area contributed by atoms with Gasteiger partial charge in [-0.05, 0) is 43.5 Å². The van der Waals surface area contributed by atoms with Crippen molar-refractivity contribution in [3.63, 3.8) is 0 Å². The van der Waals surface area contributed by atoms with Crippen molar-refractivity contribution in [2.75, 3.05) is 13.1 Å². The number of fused-ring (bicyclic) bond motifs is 1. The fraction of sp³-hybridized carbons (Fsp3) is 0.300. The highest BCUT2D eigenvalue weighted by molar-refractivity contribution is 7.89. The molecule has 1 aliphatic heterocycles. The molecule has 0 atom stereocenters. The van der Waals surface area contributed by atoms with E-state index >= 15 is 0 Å². The Labute approximate surface area is 179 Å². The number of hydrogen-bond donors (Lipinski definition) is 0. The van der Waals surface area contributed by atoms with Crippen LogP contribution < -0.4 is 4.74 Å². The highest BCUT2D eigenvalue weighted by Gasteiger charge is 2.32. The van der Waals surface area contributed by atoms with E-state index in [-0.39, 0.29) is 16.0 Å². The van der Waals surface area contributed by atoms with Crippen LogP contribution in [0.4, 0.5) is 0 Å². The SMILES string of the molecule is Cc1cc(S(=O)(=O)N2CCC(Oc3nncc4ccccc34)CC2)c(Cl)cc1Cl. The van der Waals surface area contributed by atoms with Gasteiger partial charge in [0.15, 0.2) is 0 Å². The third kappa shape index (κ3) is 4.05. The lowest BCUT2D eigenvalue weighted by Crippen LogP contribution is -2.41. The molecular weight excluding hydrogens is 433 g/mol. The molecule has 0 N–H and O–H groups in total. The van der Waals surface area contributed by atoms with E-state index in [0.717, 1.165) is 10.8 Å². The molecule has 1 aliphatic rings. The van der Waals surface area contributed by atoms with Crippen LogP contribution in [0.25, 0.3) is 10.8 Å². The Balaban J connectivity index is 1.49. The van der Waals surface area contributed by atoms with Gasteiger partial charge in [0.25, 0.3) is 0 Å². The molecule has 2 heterocycles. The molecule has 0 saturated carbocycles. The molecule has 152 valence electrons. The molecule has 2 aromatic carbocycles. The largest absolute Gasteiger partial charge is 0.473 e. The molecule has 0 spiro atoms. The number of nitrogens with zero attached hydrogens (tertiary/aromatic N) is 3. The van der Waals surface area contributed by atoms with Crippen LogP contribution in [0, 0.1) is 6.92 Å². The van der Waals surface area contributed by atoms with Crippen LogP contribution >= 0.6 is 23.2 Å². The van der Waals surface area contributed by atoms with Gasteiger partial charge >= 0.3 is 0 Å². The van der Waals surface area contributed by atoms with E-state index in [1.54, 1.807) is 13.1 Å². The van der Waals surface area contributed by atoms with E-state index in [2.05, 4.69) is 10.2 Å². The fourth-order valence-electron chi connectivity index (χ4n) is 3.40. The van der Waals surface area contributed by atoms with Crippen LogP contribution in [0.15, 0.2) is 47.5 Å². The lowest BCUT2D eigenvalue weighted by molar-refractivity contribution is 0.130. The van der Waals surface area contributed by atoms with E-state index in [4.69, 9.17) is 27.9 Å². The Morgan fingerprint density at radius 1 is 1.10 bits per heavy atom. The number of benzene rings is 2. The van der Waals surface area contributed by atoms with Crippen molar-refractivity contribution in [2.45, 2.75) is 30.8 Å². The average molecular weight is 452 g/mol. The Hall–Kier alpha value is -1.93. The van der Waals surface area contributed by atoms with Crippen molar-refractivity contribution < 1.29 is 13.2 Å². The van der Waals surface area contributed by atoms with Gasteiger partial charge in [-0.15, -0.1) is 5.10 Å². The van der Waals surface area contributed by atoms with Gasteiger partial charge in [0.05, 0.1) is 11.2 Å². The topological polar surface area (TPSA) is 72.4 Å². The maximum atomic E-state index is 13.0. The first-order valence-corrected chi connectivity index (χ1v) is 11.4. The lowest BCUT2D eigenvalue weighted by Gasteiger charge is -2.31. The van der Waals surface area contributed by atoms with Gasteiger partial charge < -0.3 is 4.74 Å². The smallest absolute Gasteiger partial charge is 0.244 e. The zero-order chi connectivity index (χ0) is 20.6. The molecule has 0 unspecified atom stereocenters. The van der Waals surface area contributed by atoms with Crippen molar-refractivity contribution in [3.05, 3.63) is 58.2 Å². The molecule has 0 bridgehead atoms. The minimum absolute atomic E-state index is 0.0837. The monoisotopic (exact) mass is 451 g/mol. The van der Waals surface area contributed by atoms with Gasteiger partial charge in [0, 0.05) is 28.9 Å². The Morgan fingerprint density at radius 2 is 1.83 bits per heavy atom. The summed E-state index contributed by atoms with van der Waals surface area (Å²) >= 11 is 12.2. The first-order chi connectivity index (χ1) is 13.9. The van der Waals surface area contributed by atoms with Crippen LogP contribution in [-0.2, 0) is 10.0 Å². The summed E-state index contributed by atoms with van der Waals surface area (Å²) in [6, 6.07) is 10.7. The minimum Gasteiger partial charge on any atom is -0.473 e. The van der Waals surface area contributed by atoms with Crippen molar-refractivity contribution in [1.82, 2.24) is 14.5 Å². The summed E-state index contributed by atoms with van der Waals surface area (Å²) in [6.07, 6.45) is 2.65. The number of ether oxygens (including phenoxy) is 1. The summed E-state index contributed by atoms with van der Waals surface area (Å²) in [5, 5.41) is 10.5. The van der Waals surface area contributed by atoms with Gasteiger partial charge in [0.2, 0.25) is 15.9 Å². The Bertz CT molecular complexity index is 1160. The molecule has 1 saturated heterocycles. The Kier molecular flexibility index (Phi) is 5.66. The Morgan fingerprint density at radius 3 is 2.59 bits per heavy atom. The lowest BCUT2D eigenvalue weighted by atomic mass is 10.1. The van der Waals surface area contributed by atoms with Crippen LogP contribution in [0.5, 0.6) is 5.88 Å². The number of piperidine rings is 1. The average Bonchev–Trinajstić information content (AvgIpc) is 2.71. The fourth-order valence-corrected chi connectivity index (χ4v) is 5.68. The summed E-state index contributed by atoms with van der Waals surface area (Å²) in [5.41, 5.74) is 0.669. The third-order valence-electron chi connectivity index (χ3n) is 5.05. The number of hydrogen-bond acceptors (Lipinski definition) is 5. The van der Waals surface area contributed by atoms with Crippen molar-refractivity contribution in [1.29, 1.82) is 0 Å². The highest BCUT2D eigenvalue weighted by atomic mass is 35.5. The molecular formula is C20H19Cl2N3O3S. The molecule has 0 radical (unpaired) electrons. The van der Waals surface area contributed by atoms with Crippen LogP contribution in [-0.4, -0.2) is 42.1 Å². The summed E-state index contributed by atoms with van der Waals surface area (Å²) in [6.45, 7) is 2.43. The quantitative estimate of drug-likeness (QED) is 0.584. The van der Waals surface area contributed by atoms with Gasteiger partial charge in [-0.25, -0.2) is 8.42 Å². The molecule has 9 heteroatoms. The van der Waals surface area contributed by atoms with Crippen LogP contribution in [0.2, 0.25) is 10.0 Å². The second-order valence-electron chi connectivity index (χ2n) is 6.99. The molecule has 0 amide bonds. The molecule has 3 aromatic rings. The van der Waals surface area contributed by atoms with Gasteiger partial charge in [-0.1, -0.05) is 41.4 Å². The number of aromatic nitrogens is 2. The number of halogens is 2. The van der Waals surface area contributed by atoms with E-state index < -0.39 is 10.0 Å². The van der Waals surface area contributed by atoms with E-state index in [9.17, 15) is 8.42 Å². The second kappa shape index (κ2) is 8.07. The van der Waals surface area contributed by atoms with Gasteiger partial charge in [-0.2, -0.15) is 9.40 Å². The standard InChI is InChI=1S/C20H19Cl2N3O3S/c1-13-10-19(18(22)11-17(13)21)29(26,27)25-8-6-15(7-9-25)28-20-16-5-3-2-4-14(16)12-23-24-20/h2-5,10-12,15H,6-9H2,1H3. The number of aryl methyl sites for hydroxylation is 1. The third-order valence-corrected chi connectivity index (χ3v) is 7.82. The van der Waals surface area contributed by atoms with E-state index in [1.165, 1.54) is 16.4 Å². The maximum absolute atomic E-state index is 13.0. The van der Waals surface area contributed by atoms with Crippen molar-refractivity contribution in [2.24, 2.45) is 0 Å². The predicted molar refractivity (Wildman–Crippen MR) is 113 cm³/mol. The molecule has 1 fully saturated rings. The van der Waals surface area contributed by atoms with Crippen LogP contribution in [0.1, 0.15) is 18.4 Å². The maximum Gasteiger partial charge on any atom is 0.244 e. The van der Waals surface area contributed by atoms with Crippen molar-refractivity contribution in [3.8, 4) is 5.88 Å². The molecule has 4 rings (SSSR count). The predicted octanol–water partition coefficient (Wildman–Crippen LogP) is 4.48.